The van der Waals surface area contributed by atoms with Gasteiger partial charge in [0.15, 0.2) is 11.4 Å². The summed E-state index contributed by atoms with van der Waals surface area (Å²) in [5.74, 6) is 0.0813. The lowest BCUT2D eigenvalue weighted by molar-refractivity contribution is 0.0994. The minimum absolute atomic E-state index is 0.0813. The first-order chi connectivity index (χ1) is 12.7. The monoisotopic (exact) mass is 360 g/mol. The predicted octanol–water partition coefficient (Wildman–Crippen LogP) is 4.18. The highest BCUT2D eigenvalue weighted by Gasteiger charge is 2.19. The molecule has 0 fully saturated rings. The van der Waals surface area contributed by atoms with Crippen molar-refractivity contribution in [3.63, 3.8) is 0 Å². The van der Waals surface area contributed by atoms with Gasteiger partial charge < -0.3 is 0 Å². The van der Waals surface area contributed by atoms with Crippen LogP contribution < -0.4 is 0 Å². The number of benzene rings is 2. The molecule has 0 aliphatic heterocycles. The van der Waals surface area contributed by atoms with Gasteiger partial charge in [-0.05, 0) is 19.1 Å². The molecule has 6 heteroatoms. The maximum atomic E-state index is 12.6. The van der Waals surface area contributed by atoms with Gasteiger partial charge in [-0.2, -0.15) is 5.10 Å². The highest BCUT2D eigenvalue weighted by Crippen LogP contribution is 2.30. The maximum Gasteiger partial charge on any atom is 0.175 e. The van der Waals surface area contributed by atoms with Crippen LogP contribution in [0.15, 0.2) is 78.2 Å². The molecule has 0 spiro atoms. The molecule has 4 rings (SSSR count). The molecule has 0 bridgehead atoms. The summed E-state index contributed by atoms with van der Waals surface area (Å²) in [5, 5.41) is 5.80. The Morgan fingerprint density at radius 2 is 1.69 bits per heavy atom. The highest BCUT2D eigenvalue weighted by molar-refractivity contribution is 8.00. The second kappa shape index (κ2) is 7.09. The standard InChI is InChI=1S/C20H16N4OS/c1-14(18(25)15-8-4-2-5-9-15)26-20-17-12-23-24(19(17)21-13-22-20)16-10-6-3-7-11-16/h2-14H,1H3. The molecule has 5 nitrogen and oxygen atoms in total. The van der Waals surface area contributed by atoms with E-state index in [9.17, 15) is 4.79 Å². The van der Waals surface area contributed by atoms with Gasteiger partial charge >= 0.3 is 0 Å². The molecular weight excluding hydrogens is 344 g/mol. The molecule has 0 aliphatic rings. The Morgan fingerprint density at radius 3 is 2.42 bits per heavy atom. The van der Waals surface area contributed by atoms with Gasteiger partial charge in [-0.1, -0.05) is 60.3 Å². The van der Waals surface area contributed by atoms with Crippen molar-refractivity contribution in [1.82, 2.24) is 19.7 Å². The van der Waals surface area contributed by atoms with Crippen molar-refractivity contribution >= 4 is 28.6 Å². The second-order valence-corrected chi connectivity index (χ2v) is 7.13. The lowest BCUT2D eigenvalue weighted by Crippen LogP contribution is -2.13. The Kier molecular flexibility index (Phi) is 4.50. The quantitative estimate of drug-likeness (QED) is 0.304. The van der Waals surface area contributed by atoms with E-state index in [1.165, 1.54) is 18.1 Å². The fraction of sp³-hybridized carbons (Fsp3) is 0.100. The molecule has 0 saturated heterocycles. The van der Waals surface area contributed by atoms with Crippen molar-refractivity contribution in [3.8, 4) is 5.69 Å². The summed E-state index contributed by atoms with van der Waals surface area (Å²) < 4.78 is 1.78. The predicted molar refractivity (Wildman–Crippen MR) is 103 cm³/mol. The van der Waals surface area contributed by atoms with Gasteiger partial charge in [-0.3, -0.25) is 4.79 Å². The summed E-state index contributed by atoms with van der Waals surface area (Å²) in [7, 11) is 0. The highest BCUT2D eigenvalue weighted by atomic mass is 32.2. The van der Waals surface area contributed by atoms with E-state index in [2.05, 4.69) is 15.1 Å². The van der Waals surface area contributed by atoms with Gasteiger partial charge in [-0.25, -0.2) is 14.6 Å². The molecule has 0 amide bonds. The van der Waals surface area contributed by atoms with Crippen molar-refractivity contribution in [2.24, 2.45) is 0 Å². The average Bonchev–Trinajstić information content (AvgIpc) is 3.14. The SMILES string of the molecule is CC(Sc1ncnc2c1cnn2-c1ccccc1)C(=O)c1ccccc1. The van der Waals surface area contributed by atoms with E-state index in [0.717, 1.165) is 21.7 Å². The second-order valence-electron chi connectivity index (χ2n) is 5.80. The molecule has 0 radical (unpaired) electrons. The number of hydrogen-bond donors (Lipinski definition) is 0. The fourth-order valence-corrected chi connectivity index (χ4v) is 3.69. The number of carbonyl (C=O) groups excluding carboxylic acids is 1. The van der Waals surface area contributed by atoms with E-state index in [1.807, 2.05) is 67.6 Å². The van der Waals surface area contributed by atoms with Crippen LogP contribution in [0.5, 0.6) is 0 Å². The third-order valence-corrected chi connectivity index (χ3v) is 5.16. The molecule has 0 aliphatic carbocycles. The first kappa shape index (κ1) is 16.5. The van der Waals surface area contributed by atoms with Crippen molar-refractivity contribution in [3.05, 3.63) is 78.8 Å². The van der Waals surface area contributed by atoms with Gasteiger partial charge in [-0.15, -0.1) is 0 Å². The van der Waals surface area contributed by atoms with E-state index in [1.54, 1.807) is 10.9 Å². The van der Waals surface area contributed by atoms with Crippen LogP contribution in [-0.2, 0) is 0 Å². The maximum absolute atomic E-state index is 12.6. The molecule has 1 unspecified atom stereocenters. The molecule has 2 aromatic heterocycles. The van der Waals surface area contributed by atoms with E-state index >= 15 is 0 Å². The Hall–Kier alpha value is -2.99. The van der Waals surface area contributed by atoms with E-state index in [4.69, 9.17) is 0 Å². The topological polar surface area (TPSA) is 60.7 Å². The Bertz CT molecular complexity index is 1050. The van der Waals surface area contributed by atoms with Crippen LogP contribution in [0.4, 0.5) is 0 Å². The minimum atomic E-state index is -0.254. The van der Waals surface area contributed by atoms with Crippen LogP contribution in [0.2, 0.25) is 0 Å². The number of carbonyl (C=O) groups is 1. The minimum Gasteiger partial charge on any atom is -0.293 e. The zero-order valence-electron chi connectivity index (χ0n) is 14.1. The molecule has 0 saturated carbocycles. The zero-order chi connectivity index (χ0) is 17.9. The lowest BCUT2D eigenvalue weighted by atomic mass is 10.1. The molecule has 2 heterocycles. The van der Waals surface area contributed by atoms with Gasteiger partial charge in [0.2, 0.25) is 0 Å². The molecule has 4 aromatic rings. The van der Waals surface area contributed by atoms with Crippen molar-refractivity contribution in [2.45, 2.75) is 17.2 Å². The number of nitrogens with zero attached hydrogens (tertiary/aromatic N) is 4. The van der Waals surface area contributed by atoms with Crippen LogP contribution in [0, 0.1) is 0 Å². The fourth-order valence-electron chi connectivity index (χ4n) is 2.73. The van der Waals surface area contributed by atoms with Crippen molar-refractivity contribution < 1.29 is 4.79 Å². The molecule has 128 valence electrons. The summed E-state index contributed by atoms with van der Waals surface area (Å²) in [5.41, 5.74) is 2.37. The summed E-state index contributed by atoms with van der Waals surface area (Å²) in [6, 6.07) is 19.1. The third kappa shape index (κ3) is 3.11. The van der Waals surface area contributed by atoms with Crippen molar-refractivity contribution in [2.75, 3.05) is 0 Å². The van der Waals surface area contributed by atoms with E-state index in [-0.39, 0.29) is 11.0 Å². The van der Waals surface area contributed by atoms with Gasteiger partial charge in [0.1, 0.15) is 11.4 Å². The number of ketones is 1. The normalized spacial score (nSPS) is 12.2. The van der Waals surface area contributed by atoms with Crippen LogP contribution in [0.3, 0.4) is 0 Å². The first-order valence-corrected chi connectivity index (χ1v) is 9.12. The molecule has 26 heavy (non-hydrogen) atoms. The summed E-state index contributed by atoms with van der Waals surface area (Å²) in [6.07, 6.45) is 3.27. The lowest BCUT2D eigenvalue weighted by Gasteiger charge is -2.10. The smallest absolute Gasteiger partial charge is 0.175 e. The third-order valence-electron chi connectivity index (χ3n) is 4.05. The number of para-hydroxylation sites is 1. The van der Waals surface area contributed by atoms with Gasteiger partial charge in [0, 0.05) is 5.56 Å². The number of rotatable bonds is 5. The largest absolute Gasteiger partial charge is 0.293 e. The molecular formula is C20H16N4OS. The Morgan fingerprint density at radius 1 is 1.00 bits per heavy atom. The van der Waals surface area contributed by atoms with Gasteiger partial charge in [0.25, 0.3) is 0 Å². The van der Waals surface area contributed by atoms with Crippen LogP contribution >= 0.6 is 11.8 Å². The van der Waals surface area contributed by atoms with Crippen LogP contribution in [0.1, 0.15) is 17.3 Å². The van der Waals surface area contributed by atoms with Crippen LogP contribution in [0.25, 0.3) is 16.7 Å². The average molecular weight is 360 g/mol. The summed E-state index contributed by atoms with van der Waals surface area (Å²) >= 11 is 1.43. The summed E-state index contributed by atoms with van der Waals surface area (Å²) in [6.45, 7) is 1.90. The zero-order valence-corrected chi connectivity index (χ0v) is 14.9. The molecule has 0 N–H and O–H groups in total. The molecule has 2 aromatic carbocycles. The van der Waals surface area contributed by atoms with Crippen LogP contribution in [-0.4, -0.2) is 30.8 Å². The number of fused-ring (bicyclic) bond motifs is 1. The number of Topliss-reactive ketones (excluding diaryl/α,β-unsaturated/α-hetero) is 1. The Balaban J connectivity index is 1.65. The van der Waals surface area contributed by atoms with Gasteiger partial charge in [0.05, 0.1) is 22.5 Å². The number of hydrogen-bond acceptors (Lipinski definition) is 5. The first-order valence-electron chi connectivity index (χ1n) is 8.24. The van der Waals surface area contributed by atoms with E-state index < -0.39 is 0 Å². The number of aromatic nitrogens is 4. The Labute approximate surface area is 155 Å². The summed E-state index contributed by atoms with van der Waals surface area (Å²) in [4.78, 5) is 21.4. The van der Waals surface area contributed by atoms with Crippen molar-refractivity contribution in [1.29, 1.82) is 0 Å². The number of thioether (sulfide) groups is 1. The molecule has 1 atom stereocenters. The van der Waals surface area contributed by atoms with E-state index in [0.29, 0.717) is 5.56 Å².